The molecule has 2 aromatic heterocycles. The Kier molecular flexibility index (Phi) is 6.56. The Morgan fingerprint density at radius 2 is 2.08 bits per heavy atom. The van der Waals surface area contributed by atoms with Crippen LogP contribution in [0.2, 0.25) is 0 Å². The van der Waals surface area contributed by atoms with Crippen LogP contribution in [0, 0.1) is 17.8 Å². The first-order valence-electron chi connectivity index (χ1n) is 11.5. The van der Waals surface area contributed by atoms with E-state index in [2.05, 4.69) is 27.1 Å². The number of carbonyl (C=O) groups excluding carboxylic acids is 2. The molecule has 2 aliphatic rings. The molecule has 3 aromatic rings. The van der Waals surface area contributed by atoms with Crippen LogP contribution in [0.1, 0.15) is 27.2 Å². The first-order chi connectivity index (χ1) is 17.8. The largest absolute Gasteiger partial charge is 0.489 e. The molecule has 0 spiro atoms. The van der Waals surface area contributed by atoms with Gasteiger partial charge in [-0.1, -0.05) is 17.9 Å². The molecule has 2 N–H and O–H groups in total. The van der Waals surface area contributed by atoms with Gasteiger partial charge in [0.15, 0.2) is 5.60 Å². The summed E-state index contributed by atoms with van der Waals surface area (Å²) >= 11 is 0. The number of carbonyl (C=O) groups is 2. The zero-order valence-corrected chi connectivity index (χ0v) is 19.9. The molecule has 5 rings (SSSR count). The third kappa shape index (κ3) is 5.28. The monoisotopic (exact) mass is 502 g/mol. The van der Waals surface area contributed by atoms with E-state index in [1.54, 1.807) is 49.5 Å². The normalized spacial score (nSPS) is 17.9. The van der Waals surface area contributed by atoms with Crippen molar-refractivity contribution in [1.29, 1.82) is 0 Å². The van der Waals surface area contributed by atoms with Crippen molar-refractivity contribution in [2.75, 3.05) is 31.8 Å². The molecule has 10 heteroatoms. The molecular formula is C27H23FN4O5. The molecule has 4 heterocycles. The Hall–Kier alpha value is -4.33. The molecule has 2 aliphatic heterocycles. The second kappa shape index (κ2) is 9.97. The number of anilines is 1. The van der Waals surface area contributed by atoms with Crippen molar-refractivity contribution < 1.29 is 28.6 Å². The smallest absolute Gasteiger partial charge is 0.270 e. The minimum atomic E-state index is -1.15. The van der Waals surface area contributed by atoms with Crippen molar-refractivity contribution in [3.63, 3.8) is 0 Å². The third-order valence-corrected chi connectivity index (χ3v) is 6.07. The van der Waals surface area contributed by atoms with Crippen LogP contribution in [-0.4, -0.2) is 65.4 Å². The topological polar surface area (TPSA) is 114 Å². The number of amides is 2. The van der Waals surface area contributed by atoms with Crippen LogP contribution in [0.25, 0.3) is 0 Å². The minimum Gasteiger partial charge on any atom is -0.489 e. The summed E-state index contributed by atoms with van der Waals surface area (Å²) in [4.78, 5) is 35.3. The van der Waals surface area contributed by atoms with Gasteiger partial charge in [-0.3, -0.25) is 14.6 Å². The number of fused-ring (bicyclic) bond motifs is 1. The number of hydrogen-bond acceptors (Lipinski definition) is 7. The number of nitrogens with one attached hydrogen (secondary N) is 1. The molecule has 1 fully saturated rings. The summed E-state index contributed by atoms with van der Waals surface area (Å²) in [5, 5.41) is 12.8. The van der Waals surface area contributed by atoms with Gasteiger partial charge < -0.3 is 24.8 Å². The molecule has 0 saturated carbocycles. The van der Waals surface area contributed by atoms with Gasteiger partial charge in [0, 0.05) is 37.0 Å². The number of aliphatic hydroxyl groups is 1. The highest BCUT2D eigenvalue weighted by atomic mass is 19.1. The average Bonchev–Trinajstić information content (AvgIpc) is 3.00. The van der Waals surface area contributed by atoms with Gasteiger partial charge in [-0.2, -0.15) is 4.39 Å². The first-order valence-corrected chi connectivity index (χ1v) is 11.5. The lowest BCUT2D eigenvalue weighted by molar-refractivity contribution is -0.140. The van der Waals surface area contributed by atoms with Gasteiger partial charge in [0.2, 0.25) is 5.95 Å². The number of hydrogen-bond donors (Lipinski definition) is 2. The van der Waals surface area contributed by atoms with Crippen molar-refractivity contribution >= 4 is 17.5 Å². The number of rotatable bonds is 4. The molecular weight excluding hydrogens is 479 g/mol. The maximum atomic E-state index is 13.9. The summed E-state index contributed by atoms with van der Waals surface area (Å²) in [5.41, 5.74) is 1.09. The van der Waals surface area contributed by atoms with E-state index >= 15 is 0 Å². The van der Waals surface area contributed by atoms with Gasteiger partial charge in [0.1, 0.15) is 24.1 Å². The summed E-state index contributed by atoms with van der Waals surface area (Å²) in [7, 11) is 1.58. The average molecular weight is 503 g/mol. The summed E-state index contributed by atoms with van der Waals surface area (Å²) in [6.45, 7) is 0.239. The maximum absolute atomic E-state index is 13.9. The van der Waals surface area contributed by atoms with Crippen LogP contribution >= 0.6 is 0 Å². The molecule has 0 radical (unpaired) electrons. The molecule has 0 bridgehead atoms. The van der Waals surface area contributed by atoms with E-state index in [1.165, 1.54) is 17.3 Å². The number of ether oxygens (including phenoxy) is 2. The van der Waals surface area contributed by atoms with Gasteiger partial charge in [-0.15, -0.1) is 0 Å². The lowest BCUT2D eigenvalue weighted by Crippen LogP contribution is -2.49. The summed E-state index contributed by atoms with van der Waals surface area (Å²) in [6.07, 6.45) is 3.07. The molecule has 2 amide bonds. The van der Waals surface area contributed by atoms with E-state index in [0.29, 0.717) is 28.1 Å². The standard InChI is InChI=1S/C27H23FN4O5/c1-32-22-13-17(6-8-27(35)15-36-16-27)4-5-23(22)37-14-21(26(32)34)31-25(33)20-12-18(7-10-29-20)11-19-3-2-9-30-24(19)28/h2-5,7,9-10,12-13,21,35H,11,14-16H2,1H3,(H,31,33)/t21-/m0/s1. The summed E-state index contributed by atoms with van der Waals surface area (Å²) < 4.78 is 24.7. The summed E-state index contributed by atoms with van der Waals surface area (Å²) in [5.74, 6) is 4.64. The first kappa shape index (κ1) is 24.4. The Morgan fingerprint density at radius 1 is 1.24 bits per heavy atom. The molecule has 1 aromatic carbocycles. The lowest BCUT2D eigenvalue weighted by atomic mass is 10.0. The van der Waals surface area contributed by atoms with Crippen molar-refractivity contribution in [1.82, 2.24) is 15.3 Å². The maximum Gasteiger partial charge on any atom is 0.270 e. The van der Waals surface area contributed by atoms with Crippen LogP contribution in [0.3, 0.4) is 0 Å². The van der Waals surface area contributed by atoms with E-state index in [9.17, 15) is 19.1 Å². The number of pyridine rings is 2. The Morgan fingerprint density at radius 3 is 2.84 bits per heavy atom. The molecule has 1 saturated heterocycles. The third-order valence-electron chi connectivity index (χ3n) is 6.07. The number of benzene rings is 1. The Labute approximate surface area is 212 Å². The summed E-state index contributed by atoms with van der Waals surface area (Å²) in [6, 6.07) is 10.6. The van der Waals surface area contributed by atoms with Gasteiger partial charge in [0.25, 0.3) is 11.8 Å². The minimum absolute atomic E-state index is 0.0788. The molecule has 0 aliphatic carbocycles. The molecule has 37 heavy (non-hydrogen) atoms. The van der Waals surface area contributed by atoms with E-state index in [0.717, 1.165) is 0 Å². The highest BCUT2D eigenvalue weighted by Gasteiger charge is 2.34. The fourth-order valence-electron chi connectivity index (χ4n) is 3.95. The van der Waals surface area contributed by atoms with Crippen molar-refractivity contribution in [3.8, 4) is 17.6 Å². The van der Waals surface area contributed by atoms with Crippen LogP contribution in [0.15, 0.2) is 54.9 Å². The van der Waals surface area contributed by atoms with Crippen LogP contribution < -0.4 is 15.0 Å². The van der Waals surface area contributed by atoms with Crippen LogP contribution in [-0.2, 0) is 16.0 Å². The number of nitrogens with zero attached hydrogens (tertiary/aromatic N) is 3. The molecule has 188 valence electrons. The van der Waals surface area contributed by atoms with Crippen molar-refractivity contribution in [2.24, 2.45) is 0 Å². The van der Waals surface area contributed by atoms with E-state index in [4.69, 9.17) is 9.47 Å². The van der Waals surface area contributed by atoms with Crippen LogP contribution in [0.5, 0.6) is 5.75 Å². The van der Waals surface area contributed by atoms with Gasteiger partial charge in [-0.25, -0.2) is 4.98 Å². The lowest BCUT2D eigenvalue weighted by Gasteiger charge is -2.30. The fraction of sp³-hybridized carbons (Fsp3) is 0.259. The van der Waals surface area contributed by atoms with E-state index < -0.39 is 23.5 Å². The highest BCUT2D eigenvalue weighted by molar-refractivity contribution is 6.03. The molecule has 9 nitrogen and oxygen atoms in total. The van der Waals surface area contributed by atoms with E-state index in [-0.39, 0.29) is 37.8 Å². The van der Waals surface area contributed by atoms with Crippen molar-refractivity contribution in [2.45, 2.75) is 18.1 Å². The van der Waals surface area contributed by atoms with Gasteiger partial charge in [-0.05, 0) is 42.0 Å². The number of aromatic nitrogens is 2. The predicted octanol–water partition coefficient (Wildman–Crippen LogP) is 1.47. The highest BCUT2D eigenvalue weighted by Crippen LogP contribution is 2.31. The van der Waals surface area contributed by atoms with Gasteiger partial charge >= 0.3 is 0 Å². The van der Waals surface area contributed by atoms with Gasteiger partial charge in [0.05, 0.1) is 18.9 Å². The second-order valence-corrected chi connectivity index (χ2v) is 8.87. The molecule has 0 unspecified atom stereocenters. The number of halogens is 1. The Balaban J connectivity index is 1.29. The predicted molar refractivity (Wildman–Crippen MR) is 130 cm³/mol. The second-order valence-electron chi connectivity index (χ2n) is 8.87. The van der Waals surface area contributed by atoms with Crippen LogP contribution in [0.4, 0.5) is 10.1 Å². The molecule has 1 atom stereocenters. The Bertz CT molecular complexity index is 1430. The SMILES string of the molecule is CN1C(=O)[C@@H](NC(=O)c2cc(Cc3cccnc3F)ccn2)COc2ccc(C#CC3(O)COC3)cc21. The quantitative estimate of drug-likeness (QED) is 0.410. The van der Waals surface area contributed by atoms with E-state index in [1.807, 2.05) is 0 Å². The zero-order valence-electron chi connectivity index (χ0n) is 19.9. The zero-order chi connectivity index (χ0) is 26.0. The fourth-order valence-corrected chi connectivity index (χ4v) is 3.95. The number of likely N-dealkylation sites (N-methyl/N-ethyl adjacent to an activating group) is 1. The van der Waals surface area contributed by atoms with Crippen molar-refractivity contribution in [3.05, 3.63) is 83.2 Å².